The van der Waals surface area contributed by atoms with Crippen molar-refractivity contribution in [3.63, 3.8) is 0 Å². The van der Waals surface area contributed by atoms with Gasteiger partial charge in [-0.05, 0) is 41.9 Å². The second-order valence-corrected chi connectivity index (χ2v) is 5.47. The van der Waals surface area contributed by atoms with Crippen LogP contribution in [0.3, 0.4) is 0 Å². The predicted molar refractivity (Wildman–Crippen MR) is 69.0 cm³/mol. The molecule has 0 aliphatic heterocycles. The van der Waals surface area contributed by atoms with E-state index in [1.165, 1.54) is 36.5 Å². The number of nitrogens with zero attached hydrogens (tertiary/aromatic N) is 3. The molecule has 0 unspecified atom stereocenters. The molecule has 1 aromatic heterocycles. The topological polar surface area (TPSA) is 95.7 Å². The number of benzene rings is 1. The van der Waals surface area contributed by atoms with Crippen LogP contribution >= 0.6 is 11.6 Å². The zero-order chi connectivity index (χ0) is 13.9. The monoisotopic (exact) mass is 294 g/mol. The SMILES string of the molecule is N#Cc1ccc(S(=O)(=O)Nc2ccnc(Cl)n2)cc1. The van der Waals surface area contributed by atoms with Crippen LogP contribution in [0.2, 0.25) is 5.28 Å². The maximum atomic E-state index is 12.0. The van der Waals surface area contributed by atoms with Gasteiger partial charge < -0.3 is 0 Å². The molecule has 96 valence electrons. The van der Waals surface area contributed by atoms with Crippen molar-refractivity contribution in [3.8, 4) is 6.07 Å². The van der Waals surface area contributed by atoms with Gasteiger partial charge in [0.2, 0.25) is 5.28 Å². The Hall–Kier alpha value is -2.17. The minimum atomic E-state index is -3.76. The Balaban J connectivity index is 2.30. The van der Waals surface area contributed by atoms with Crippen LogP contribution in [0.4, 0.5) is 5.82 Å². The van der Waals surface area contributed by atoms with E-state index in [0.717, 1.165) is 0 Å². The van der Waals surface area contributed by atoms with E-state index < -0.39 is 10.0 Å². The fourth-order valence-corrected chi connectivity index (χ4v) is 2.45. The Kier molecular flexibility index (Phi) is 3.64. The standard InChI is InChI=1S/C11H7ClN4O2S/c12-11-14-6-5-10(15-11)16-19(17,18)9-3-1-8(7-13)2-4-9/h1-6H,(H,14,15,16). The molecule has 0 bridgehead atoms. The third-order valence-corrected chi connectivity index (χ3v) is 3.71. The van der Waals surface area contributed by atoms with Gasteiger partial charge in [0.15, 0.2) is 0 Å². The maximum absolute atomic E-state index is 12.0. The highest BCUT2D eigenvalue weighted by molar-refractivity contribution is 7.92. The molecule has 0 atom stereocenters. The third-order valence-electron chi connectivity index (χ3n) is 2.16. The first-order chi connectivity index (χ1) is 9.01. The van der Waals surface area contributed by atoms with E-state index in [0.29, 0.717) is 5.56 Å². The lowest BCUT2D eigenvalue weighted by atomic mass is 10.2. The molecular weight excluding hydrogens is 288 g/mol. The second kappa shape index (κ2) is 5.22. The Morgan fingerprint density at radius 3 is 2.47 bits per heavy atom. The van der Waals surface area contributed by atoms with Gasteiger partial charge in [-0.15, -0.1) is 0 Å². The number of aromatic nitrogens is 2. The van der Waals surface area contributed by atoms with Crippen LogP contribution in [0.15, 0.2) is 41.4 Å². The Labute approximate surface area is 114 Å². The van der Waals surface area contributed by atoms with Crippen LogP contribution < -0.4 is 4.72 Å². The molecule has 19 heavy (non-hydrogen) atoms. The number of anilines is 1. The molecule has 0 saturated carbocycles. The minimum Gasteiger partial charge on any atom is -0.263 e. The Bertz CT molecular complexity index is 738. The predicted octanol–water partition coefficient (Wildman–Crippen LogP) is 1.80. The summed E-state index contributed by atoms with van der Waals surface area (Å²) in [7, 11) is -3.76. The molecule has 0 spiro atoms. The highest BCUT2D eigenvalue weighted by Crippen LogP contribution is 2.15. The summed E-state index contributed by atoms with van der Waals surface area (Å²) in [5, 5.41) is 8.59. The van der Waals surface area contributed by atoms with Gasteiger partial charge >= 0.3 is 0 Å². The van der Waals surface area contributed by atoms with Crippen molar-refractivity contribution >= 4 is 27.4 Å². The molecule has 6 nitrogen and oxygen atoms in total. The fourth-order valence-electron chi connectivity index (χ4n) is 1.30. The van der Waals surface area contributed by atoms with Crippen LogP contribution in [-0.4, -0.2) is 18.4 Å². The van der Waals surface area contributed by atoms with Crippen LogP contribution in [-0.2, 0) is 10.0 Å². The van der Waals surface area contributed by atoms with E-state index in [1.54, 1.807) is 0 Å². The van der Waals surface area contributed by atoms with Gasteiger partial charge in [0, 0.05) is 6.20 Å². The highest BCUT2D eigenvalue weighted by Gasteiger charge is 2.14. The van der Waals surface area contributed by atoms with Crippen LogP contribution in [0.25, 0.3) is 0 Å². The molecule has 8 heteroatoms. The highest BCUT2D eigenvalue weighted by atomic mass is 35.5. The summed E-state index contributed by atoms with van der Waals surface area (Å²) < 4.78 is 26.3. The number of hydrogen-bond donors (Lipinski definition) is 1. The summed E-state index contributed by atoms with van der Waals surface area (Å²) in [6, 6.07) is 8.80. The number of rotatable bonds is 3. The van der Waals surface area contributed by atoms with E-state index in [-0.39, 0.29) is 16.0 Å². The second-order valence-electron chi connectivity index (χ2n) is 3.45. The van der Waals surface area contributed by atoms with Gasteiger partial charge in [-0.3, -0.25) is 4.72 Å². The van der Waals surface area contributed by atoms with Gasteiger partial charge in [-0.25, -0.2) is 13.4 Å². The molecular formula is C11H7ClN4O2S. The van der Waals surface area contributed by atoms with Crippen molar-refractivity contribution in [1.82, 2.24) is 9.97 Å². The van der Waals surface area contributed by atoms with E-state index in [2.05, 4.69) is 14.7 Å². The number of nitrogens with one attached hydrogen (secondary N) is 1. The zero-order valence-electron chi connectivity index (χ0n) is 9.41. The summed E-state index contributed by atoms with van der Waals surface area (Å²) in [4.78, 5) is 7.41. The molecule has 2 rings (SSSR count). The molecule has 0 fully saturated rings. The average Bonchev–Trinajstić information content (AvgIpc) is 2.38. The van der Waals surface area contributed by atoms with Crippen LogP contribution in [0.5, 0.6) is 0 Å². The Morgan fingerprint density at radius 1 is 1.21 bits per heavy atom. The number of nitriles is 1. The van der Waals surface area contributed by atoms with Crippen molar-refractivity contribution in [2.45, 2.75) is 4.90 Å². The van der Waals surface area contributed by atoms with Gasteiger partial charge in [-0.2, -0.15) is 10.2 Å². The van der Waals surface area contributed by atoms with E-state index in [4.69, 9.17) is 16.9 Å². The van der Waals surface area contributed by atoms with Crippen molar-refractivity contribution < 1.29 is 8.42 Å². The first-order valence-electron chi connectivity index (χ1n) is 5.03. The lowest BCUT2D eigenvalue weighted by Gasteiger charge is -2.06. The summed E-state index contributed by atoms with van der Waals surface area (Å²) in [5.41, 5.74) is 0.379. The summed E-state index contributed by atoms with van der Waals surface area (Å²) >= 11 is 5.57. The summed E-state index contributed by atoms with van der Waals surface area (Å²) in [5.74, 6) is 0.0735. The maximum Gasteiger partial charge on any atom is 0.263 e. The van der Waals surface area contributed by atoms with Crippen molar-refractivity contribution in [2.75, 3.05) is 4.72 Å². The molecule has 0 aliphatic carbocycles. The quantitative estimate of drug-likeness (QED) is 0.871. The molecule has 0 radical (unpaired) electrons. The number of halogens is 1. The molecule has 2 aromatic rings. The summed E-state index contributed by atoms with van der Waals surface area (Å²) in [6.07, 6.45) is 1.34. The lowest BCUT2D eigenvalue weighted by molar-refractivity contribution is 0.601. The van der Waals surface area contributed by atoms with E-state index in [9.17, 15) is 8.42 Å². The van der Waals surface area contributed by atoms with E-state index >= 15 is 0 Å². The molecule has 1 N–H and O–H groups in total. The van der Waals surface area contributed by atoms with Crippen LogP contribution in [0, 0.1) is 11.3 Å². The van der Waals surface area contributed by atoms with E-state index in [1.807, 2.05) is 6.07 Å². The normalized spacial score (nSPS) is 10.7. The minimum absolute atomic E-state index is 0.0289. The molecule has 1 heterocycles. The fraction of sp³-hybridized carbons (Fsp3) is 0. The third kappa shape index (κ3) is 3.19. The molecule has 0 amide bonds. The number of sulfonamides is 1. The molecule has 1 aromatic carbocycles. The van der Waals surface area contributed by atoms with Gasteiger partial charge in [0.1, 0.15) is 5.82 Å². The lowest BCUT2D eigenvalue weighted by Crippen LogP contribution is -2.14. The summed E-state index contributed by atoms with van der Waals surface area (Å²) in [6.45, 7) is 0. The first kappa shape index (κ1) is 13.3. The number of hydrogen-bond acceptors (Lipinski definition) is 5. The molecule has 0 saturated heterocycles. The molecule has 0 aliphatic rings. The van der Waals surface area contributed by atoms with Crippen molar-refractivity contribution in [3.05, 3.63) is 47.4 Å². The smallest absolute Gasteiger partial charge is 0.263 e. The first-order valence-corrected chi connectivity index (χ1v) is 6.89. The van der Waals surface area contributed by atoms with Crippen LogP contribution in [0.1, 0.15) is 5.56 Å². The Morgan fingerprint density at radius 2 is 1.89 bits per heavy atom. The van der Waals surface area contributed by atoms with Crippen molar-refractivity contribution in [2.24, 2.45) is 0 Å². The van der Waals surface area contributed by atoms with Gasteiger partial charge in [0.05, 0.1) is 16.5 Å². The van der Waals surface area contributed by atoms with Gasteiger partial charge in [0.25, 0.3) is 10.0 Å². The average molecular weight is 295 g/mol. The zero-order valence-corrected chi connectivity index (χ0v) is 11.0. The largest absolute Gasteiger partial charge is 0.263 e. The van der Waals surface area contributed by atoms with Crippen molar-refractivity contribution in [1.29, 1.82) is 5.26 Å². The van der Waals surface area contributed by atoms with Gasteiger partial charge in [-0.1, -0.05) is 0 Å².